The number of hydrogen-bond donors (Lipinski definition) is 2. The number of rotatable bonds is 15. The van der Waals surface area contributed by atoms with Crippen LogP contribution in [0.2, 0.25) is 0 Å². The monoisotopic (exact) mass is 925 g/mol. The van der Waals surface area contributed by atoms with Gasteiger partial charge in [0.2, 0.25) is 17.6 Å². The zero-order valence-corrected chi connectivity index (χ0v) is 40.0. The minimum atomic E-state index is -0.959. The topological polar surface area (TPSA) is 169 Å². The van der Waals surface area contributed by atoms with E-state index in [1.807, 2.05) is 102 Å². The van der Waals surface area contributed by atoms with Crippen molar-refractivity contribution in [3.05, 3.63) is 137 Å². The summed E-state index contributed by atoms with van der Waals surface area (Å²) in [6, 6.07) is 32.0. The summed E-state index contributed by atoms with van der Waals surface area (Å²) in [6.45, 7) is 14.0. The molecule has 3 atom stereocenters. The van der Waals surface area contributed by atoms with Gasteiger partial charge in [-0.15, -0.1) is 11.3 Å². The standard InChI is InChI=1S/C52H59N7O7S/c1-8-9-30-58(47(60)43(37-17-12-10-13-18-37)54-49(62)64-51(2,3)4)32-42-53-40(33-67-42)36-26-22-34(23-27-36)35-24-28-39(29-25-35)45-56-46(66-57-45)41-21-16-31-59(41)48(61)44(38-19-14-11-15-20-38)55-50(63)65-52(5,6)7/h10-15,17-20,22-29,33,41,43-44H,8-9,16,21,30-32H2,1-7H3,(H,54,62)(H,55,63). The first-order valence-corrected chi connectivity index (χ1v) is 23.6. The Balaban J connectivity index is 1.01. The Morgan fingerprint density at radius 1 is 0.746 bits per heavy atom. The van der Waals surface area contributed by atoms with Gasteiger partial charge in [-0.3, -0.25) is 9.59 Å². The normalized spacial score (nSPS) is 14.8. The van der Waals surface area contributed by atoms with Crippen molar-refractivity contribution in [1.29, 1.82) is 0 Å². The average molecular weight is 926 g/mol. The quantitative estimate of drug-likeness (QED) is 0.101. The third-order valence-electron chi connectivity index (χ3n) is 11.0. The Labute approximate surface area is 396 Å². The molecule has 4 amide bonds. The van der Waals surface area contributed by atoms with Gasteiger partial charge in [-0.25, -0.2) is 14.6 Å². The predicted molar refractivity (Wildman–Crippen MR) is 257 cm³/mol. The van der Waals surface area contributed by atoms with E-state index in [-0.39, 0.29) is 11.8 Å². The molecule has 3 unspecified atom stereocenters. The lowest BCUT2D eigenvalue weighted by atomic mass is 10.0. The van der Waals surface area contributed by atoms with Crippen LogP contribution in [0.4, 0.5) is 9.59 Å². The number of alkyl carbamates (subject to hydrolysis) is 2. The van der Waals surface area contributed by atoms with Gasteiger partial charge in [-0.1, -0.05) is 128 Å². The van der Waals surface area contributed by atoms with Crippen molar-refractivity contribution in [2.75, 3.05) is 13.1 Å². The lowest BCUT2D eigenvalue weighted by Gasteiger charge is -2.29. The molecule has 1 aliphatic rings. The number of unbranched alkanes of at least 4 members (excludes halogenated alkanes) is 1. The van der Waals surface area contributed by atoms with E-state index in [0.29, 0.717) is 48.9 Å². The van der Waals surface area contributed by atoms with E-state index in [9.17, 15) is 19.2 Å². The fourth-order valence-electron chi connectivity index (χ4n) is 7.78. The fraction of sp³-hybridized carbons (Fsp3) is 0.365. The van der Waals surface area contributed by atoms with Crippen molar-refractivity contribution >= 4 is 35.3 Å². The van der Waals surface area contributed by atoms with Crippen LogP contribution in [0.3, 0.4) is 0 Å². The maximum atomic E-state index is 14.2. The fourth-order valence-corrected chi connectivity index (χ4v) is 8.60. The second kappa shape index (κ2) is 21.2. The second-order valence-corrected chi connectivity index (χ2v) is 19.5. The first kappa shape index (κ1) is 48.1. The predicted octanol–water partition coefficient (Wildman–Crippen LogP) is 10.9. The number of amides is 4. The summed E-state index contributed by atoms with van der Waals surface area (Å²) in [7, 11) is 0. The molecule has 67 heavy (non-hydrogen) atoms. The number of hydrogen-bond acceptors (Lipinski definition) is 11. The lowest BCUT2D eigenvalue weighted by molar-refractivity contribution is -0.135. The van der Waals surface area contributed by atoms with Crippen molar-refractivity contribution < 1.29 is 33.2 Å². The number of aromatic nitrogens is 3. The Kier molecular flexibility index (Phi) is 15.2. The first-order chi connectivity index (χ1) is 32.0. The van der Waals surface area contributed by atoms with Gasteiger partial charge in [0.05, 0.1) is 12.2 Å². The molecule has 0 aliphatic carbocycles. The van der Waals surface area contributed by atoms with Crippen LogP contribution in [0.15, 0.2) is 119 Å². The molecule has 3 heterocycles. The Hall–Kier alpha value is -6.87. The highest BCUT2D eigenvalue weighted by atomic mass is 32.1. The summed E-state index contributed by atoms with van der Waals surface area (Å²) in [5, 5.41) is 12.7. The van der Waals surface area contributed by atoms with Crippen LogP contribution in [0.1, 0.15) is 114 Å². The van der Waals surface area contributed by atoms with Gasteiger partial charge in [0.1, 0.15) is 34.3 Å². The molecule has 0 saturated carbocycles. The minimum Gasteiger partial charge on any atom is -0.444 e. The molecule has 0 spiro atoms. The summed E-state index contributed by atoms with van der Waals surface area (Å²) < 4.78 is 16.8. The van der Waals surface area contributed by atoms with Crippen LogP contribution in [-0.2, 0) is 25.6 Å². The maximum absolute atomic E-state index is 14.2. The van der Waals surface area contributed by atoms with Crippen LogP contribution in [-0.4, -0.2) is 73.2 Å². The summed E-state index contributed by atoms with van der Waals surface area (Å²) in [5.74, 6) is 0.232. The van der Waals surface area contributed by atoms with Crippen LogP contribution < -0.4 is 10.6 Å². The maximum Gasteiger partial charge on any atom is 0.408 e. The van der Waals surface area contributed by atoms with Crippen LogP contribution >= 0.6 is 11.3 Å². The number of carbonyl (C=O) groups excluding carboxylic acids is 4. The van der Waals surface area contributed by atoms with Gasteiger partial charge >= 0.3 is 12.2 Å². The molecule has 1 saturated heterocycles. The third kappa shape index (κ3) is 12.7. The van der Waals surface area contributed by atoms with E-state index in [1.165, 1.54) is 11.3 Å². The lowest BCUT2D eigenvalue weighted by Crippen LogP contribution is -2.44. The third-order valence-corrected chi connectivity index (χ3v) is 11.8. The van der Waals surface area contributed by atoms with Gasteiger partial charge in [-0.2, -0.15) is 4.98 Å². The second-order valence-electron chi connectivity index (χ2n) is 18.5. The number of nitrogens with zero attached hydrogens (tertiary/aromatic N) is 5. The molecule has 350 valence electrons. The zero-order valence-electron chi connectivity index (χ0n) is 39.2. The van der Waals surface area contributed by atoms with Gasteiger partial charge in [-0.05, 0) is 83.1 Å². The van der Waals surface area contributed by atoms with Crippen molar-refractivity contribution in [1.82, 2.24) is 35.6 Å². The van der Waals surface area contributed by atoms with E-state index in [1.54, 1.807) is 63.5 Å². The van der Waals surface area contributed by atoms with Crippen LogP contribution in [0.25, 0.3) is 33.8 Å². The molecule has 1 aliphatic heterocycles. The molecular weight excluding hydrogens is 867 g/mol. The molecule has 14 nitrogen and oxygen atoms in total. The Morgan fingerprint density at radius 2 is 1.28 bits per heavy atom. The highest BCUT2D eigenvalue weighted by Crippen LogP contribution is 2.35. The van der Waals surface area contributed by atoms with Gasteiger partial charge in [0, 0.05) is 29.6 Å². The summed E-state index contributed by atoms with van der Waals surface area (Å²) in [5.41, 5.74) is 4.37. The number of benzene rings is 4. The van der Waals surface area contributed by atoms with Crippen molar-refractivity contribution in [3.63, 3.8) is 0 Å². The van der Waals surface area contributed by atoms with Crippen molar-refractivity contribution in [2.45, 2.75) is 110 Å². The van der Waals surface area contributed by atoms with Crippen LogP contribution in [0, 0.1) is 0 Å². The number of nitrogens with one attached hydrogen (secondary N) is 2. The summed E-state index contributed by atoms with van der Waals surface area (Å²) >= 11 is 1.49. The number of ether oxygens (including phenoxy) is 2. The van der Waals surface area contributed by atoms with E-state index in [4.69, 9.17) is 24.0 Å². The SMILES string of the molecule is CCCCN(Cc1nc(-c2ccc(-c3ccc(-c4noc(C5CCCN5C(=O)C(NC(=O)OC(C)(C)C)c5ccccc5)n4)cc3)cc2)cs1)C(=O)C(NC(=O)OC(C)(C)C)c1ccccc1. The number of likely N-dealkylation sites (tertiary alicyclic amines) is 1. The van der Waals surface area contributed by atoms with Gasteiger partial charge < -0.3 is 34.4 Å². The molecule has 0 radical (unpaired) electrons. The number of thiazole rings is 1. The zero-order chi connectivity index (χ0) is 47.7. The summed E-state index contributed by atoms with van der Waals surface area (Å²) in [4.78, 5) is 67.2. The van der Waals surface area contributed by atoms with Crippen molar-refractivity contribution in [2.24, 2.45) is 0 Å². The molecule has 2 aromatic heterocycles. The van der Waals surface area contributed by atoms with E-state index >= 15 is 0 Å². The van der Waals surface area contributed by atoms with Crippen molar-refractivity contribution in [3.8, 4) is 33.8 Å². The number of carbonyl (C=O) groups is 4. The van der Waals surface area contributed by atoms with Gasteiger partial charge in [0.25, 0.3) is 5.91 Å². The smallest absolute Gasteiger partial charge is 0.408 e. The van der Waals surface area contributed by atoms with Gasteiger partial charge in [0.15, 0.2) is 0 Å². The Bertz CT molecular complexity index is 2600. The molecule has 4 aromatic carbocycles. The molecule has 1 fully saturated rings. The molecule has 15 heteroatoms. The van der Waals surface area contributed by atoms with Crippen LogP contribution in [0.5, 0.6) is 0 Å². The minimum absolute atomic E-state index is 0.229. The average Bonchev–Trinajstić information content (AvgIpc) is 4.10. The van der Waals surface area contributed by atoms with E-state index in [0.717, 1.165) is 52.2 Å². The highest BCUT2D eigenvalue weighted by Gasteiger charge is 2.39. The molecule has 6 aromatic rings. The van der Waals surface area contributed by atoms with E-state index < -0.39 is 41.5 Å². The molecule has 0 bridgehead atoms. The van der Waals surface area contributed by atoms with E-state index in [2.05, 4.69) is 22.7 Å². The summed E-state index contributed by atoms with van der Waals surface area (Å²) in [6.07, 6.45) is 1.74. The molecular formula is C52H59N7O7S. The largest absolute Gasteiger partial charge is 0.444 e. The first-order valence-electron chi connectivity index (χ1n) is 22.7. The molecule has 2 N–H and O–H groups in total. The highest BCUT2D eigenvalue weighted by molar-refractivity contribution is 7.09. The Morgan fingerprint density at radius 3 is 1.85 bits per heavy atom. The molecule has 7 rings (SSSR count).